The average Bonchev–Trinajstić information content (AvgIpc) is 2.90. The lowest BCUT2D eigenvalue weighted by molar-refractivity contribution is -0.385. The zero-order chi connectivity index (χ0) is 13.0. The van der Waals surface area contributed by atoms with E-state index < -0.39 is 4.92 Å². The maximum atomic E-state index is 11.7. The molecule has 4 nitrogen and oxygen atoms in total. The first kappa shape index (κ1) is 12.5. The van der Waals surface area contributed by atoms with Gasteiger partial charge in [-0.15, -0.1) is 0 Å². The molecule has 1 aromatic rings. The van der Waals surface area contributed by atoms with Gasteiger partial charge in [0.1, 0.15) is 0 Å². The van der Waals surface area contributed by atoms with Crippen LogP contribution in [-0.4, -0.2) is 10.7 Å². The molecule has 0 aromatic heterocycles. The van der Waals surface area contributed by atoms with Gasteiger partial charge in [-0.25, -0.2) is 0 Å². The van der Waals surface area contributed by atoms with Gasteiger partial charge < -0.3 is 0 Å². The highest BCUT2D eigenvalue weighted by Crippen LogP contribution is 2.25. The number of hydrogen-bond donors (Lipinski definition) is 0. The molecule has 1 fully saturated rings. The van der Waals surface area contributed by atoms with Crippen LogP contribution in [-0.2, 0) is 4.79 Å². The van der Waals surface area contributed by atoms with Gasteiger partial charge >= 0.3 is 0 Å². The van der Waals surface area contributed by atoms with Gasteiger partial charge in [0.25, 0.3) is 5.69 Å². The van der Waals surface area contributed by atoms with Crippen LogP contribution in [0, 0.1) is 41.7 Å². The smallest absolute Gasteiger partial charge is 0.276 e. The van der Waals surface area contributed by atoms with Crippen LogP contribution in [0.3, 0.4) is 0 Å². The SMILES string of the molecule is O=C(/C=C/c1ccccc1[N+](=O)[O-])[C]1[CH][CH][CH][CH]1. The van der Waals surface area contributed by atoms with Crippen LogP contribution in [0.15, 0.2) is 30.3 Å². The topological polar surface area (TPSA) is 60.2 Å². The summed E-state index contributed by atoms with van der Waals surface area (Å²) < 4.78 is 0. The molecule has 0 bridgehead atoms. The van der Waals surface area contributed by atoms with E-state index in [1.807, 2.05) is 0 Å². The van der Waals surface area contributed by atoms with Crippen LogP contribution in [0.5, 0.6) is 0 Å². The van der Waals surface area contributed by atoms with Crippen molar-refractivity contribution in [3.05, 3.63) is 77.6 Å². The summed E-state index contributed by atoms with van der Waals surface area (Å²) in [6.45, 7) is 0. The molecular weight excluding hydrogens is 230 g/mol. The Balaban J connectivity index is 2.13. The molecule has 1 saturated carbocycles. The van der Waals surface area contributed by atoms with Gasteiger partial charge in [-0.05, 0) is 43.9 Å². The fourth-order valence-corrected chi connectivity index (χ4v) is 1.59. The molecule has 89 valence electrons. The molecule has 1 aromatic carbocycles. The Morgan fingerprint density at radius 2 is 1.83 bits per heavy atom. The minimum atomic E-state index is -0.466. The number of nitro benzene ring substituents is 1. The van der Waals surface area contributed by atoms with Crippen molar-refractivity contribution in [3.63, 3.8) is 0 Å². The molecule has 0 N–H and O–H groups in total. The number of allylic oxidation sites excluding steroid dienone is 1. The summed E-state index contributed by atoms with van der Waals surface area (Å²) >= 11 is 0. The number of nitro groups is 1. The molecule has 5 radical (unpaired) electrons. The Labute approximate surface area is 105 Å². The number of benzene rings is 1. The number of carbonyl (C=O) groups is 1. The van der Waals surface area contributed by atoms with Crippen LogP contribution < -0.4 is 0 Å². The summed E-state index contributed by atoms with van der Waals surface area (Å²) in [7, 11) is 0. The number of carbonyl (C=O) groups excluding carboxylic acids is 1. The molecule has 1 aliphatic rings. The van der Waals surface area contributed by atoms with Crippen LogP contribution >= 0.6 is 0 Å². The van der Waals surface area contributed by atoms with Crippen molar-refractivity contribution in [2.75, 3.05) is 0 Å². The number of nitrogens with zero attached hydrogens (tertiary/aromatic N) is 1. The second-order valence-corrected chi connectivity index (χ2v) is 3.69. The van der Waals surface area contributed by atoms with Crippen molar-refractivity contribution in [3.8, 4) is 0 Å². The monoisotopic (exact) mass is 240 g/mol. The highest BCUT2D eigenvalue weighted by Gasteiger charge is 2.22. The quantitative estimate of drug-likeness (QED) is 0.461. The maximum Gasteiger partial charge on any atom is 0.276 e. The first-order valence-corrected chi connectivity index (χ1v) is 5.36. The van der Waals surface area contributed by atoms with Crippen LogP contribution in [0.4, 0.5) is 5.69 Å². The maximum absolute atomic E-state index is 11.7. The third-order valence-corrected chi connectivity index (χ3v) is 2.49. The predicted octanol–water partition coefficient (Wildman–Crippen LogP) is 2.58. The highest BCUT2D eigenvalue weighted by molar-refractivity contribution is 6.07. The summed E-state index contributed by atoms with van der Waals surface area (Å²) in [5.41, 5.74) is 0.409. The number of para-hydroxylation sites is 1. The lowest BCUT2D eigenvalue weighted by Crippen LogP contribution is -2.05. The zero-order valence-electron chi connectivity index (χ0n) is 9.45. The van der Waals surface area contributed by atoms with Crippen molar-refractivity contribution in [1.82, 2.24) is 0 Å². The fourth-order valence-electron chi connectivity index (χ4n) is 1.59. The van der Waals surface area contributed by atoms with Gasteiger partial charge in [-0.1, -0.05) is 12.1 Å². The van der Waals surface area contributed by atoms with E-state index in [4.69, 9.17) is 0 Å². The predicted molar refractivity (Wildman–Crippen MR) is 67.6 cm³/mol. The third kappa shape index (κ3) is 2.83. The van der Waals surface area contributed by atoms with Gasteiger partial charge in [0.2, 0.25) is 0 Å². The van der Waals surface area contributed by atoms with Crippen molar-refractivity contribution in [1.29, 1.82) is 0 Å². The van der Waals surface area contributed by atoms with Crippen molar-refractivity contribution >= 4 is 17.5 Å². The minimum absolute atomic E-state index is 0.0101. The van der Waals surface area contributed by atoms with Gasteiger partial charge in [-0.3, -0.25) is 14.9 Å². The Kier molecular flexibility index (Phi) is 3.87. The Hall–Kier alpha value is -1.97. The lowest BCUT2D eigenvalue weighted by atomic mass is 10.0. The largest absolute Gasteiger partial charge is 0.294 e. The molecule has 4 heteroatoms. The molecular formula is C14H10NO3. The third-order valence-electron chi connectivity index (χ3n) is 2.49. The fraction of sp³-hybridized carbons (Fsp3) is 0. The first-order valence-electron chi connectivity index (χ1n) is 5.36. The standard InChI is InChI=1S/C14H10NO3/c16-14(12-6-1-2-7-12)10-9-11-5-3-4-8-13(11)15(17)18/h1-10H/b10-9+. The Morgan fingerprint density at radius 3 is 2.50 bits per heavy atom. The van der Waals surface area contributed by atoms with Crippen LogP contribution in [0.2, 0.25) is 0 Å². The average molecular weight is 240 g/mol. The molecule has 2 rings (SSSR count). The second kappa shape index (κ2) is 5.58. The molecule has 0 amide bonds. The van der Waals surface area contributed by atoms with Crippen molar-refractivity contribution in [2.45, 2.75) is 0 Å². The van der Waals surface area contributed by atoms with E-state index in [9.17, 15) is 14.9 Å². The van der Waals surface area contributed by atoms with E-state index in [0.29, 0.717) is 11.5 Å². The molecule has 0 heterocycles. The second-order valence-electron chi connectivity index (χ2n) is 3.69. The molecule has 18 heavy (non-hydrogen) atoms. The lowest BCUT2D eigenvalue weighted by Gasteiger charge is -2.01. The molecule has 0 atom stereocenters. The van der Waals surface area contributed by atoms with E-state index in [1.54, 1.807) is 43.9 Å². The highest BCUT2D eigenvalue weighted by atomic mass is 16.6. The Bertz CT molecular complexity index is 488. The summed E-state index contributed by atoms with van der Waals surface area (Å²) in [6, 6.07) is 6.30. The van der Waals surface area contributed by atoms with Crippen molar-refractivity contribution in [2.24, 2.45) is 0 Å². The zero-order valence-corrected chi connectivity index (χ0v) is 9.45. The van der Waals surface area contributed by atoms with E-state index in [1.165, 1.54) is 18.2 Å². The van der Waals surface area contributed by atoms with Gasteiger partial charge in [-0.2, -0.15) is 0 Å². The van der Waals surface area contributed by atoms with Crippen LogP contribution in [0.25, 0.3) is 6.08 Å². The summed E-state index contributed by atoms with van der Waals surface area (Å²) in [6.07, 6.45) is 9.75. The Morgan fingerprint density at radius 1 is 1.17 bits per heavy atom. The van der Waals surface area contributed by atoms with Crippen molar-refractivity contribution < 1.29 is 9.72 Å². The first-order chi connectivity index (χ1) is 8.68. The van der Waals surface area contributed by atoms with Crippen LogP contribution in [0.1, 0.15) is 5.56 Å². The van der Waals surface area contributed by atoms with E-state index >= 15 is 0 Å². The molecule has 1 aliphatic carbocycles. The van der Waals surface area contributed by atoms with Gasteiger partial charge in [0, 0.05) is 6.07 Å². The summed E-state index contributed by atoms with van der Waals surface area (Å²) in [4.78, 5) is 22.0. The van der Waals surface area contributed by atoms with E-state index in [-0.39, 0.29) is 11.5 Å². The normalized spacial score (nSPS) is 16.2. The molecule has 0 unspecified atom stereocenters. The molecule has 0 spiro atoms. The number of rotatable bonds is 4. The summed E-state index contributed by atoms with van der Waals surface area (Å²) in [5, 5.41) is 10.8. The molecule has 0 aliphatic heterocycles. The van der Waals surface area contributed by atoms with Gasteiger partial charge in [0.05, 0.1) is 16.4 Å². The summed E-state index contributed by atoms with van der Waals surface area (Å²) in [5.74, 6) is 0.406. The van der Waals surface area contributed by atoms with E-state index in [2.05, 4.69) is 0 Å². The van der Waals surface area contributed by atoms with Gasteiger partial charge in [0.15, 0.2) is 5.78 Å². The molecule has 0 saturated heterocycles. The number of ketones is 1. The van der Waals surface area contributed by atoms with E-state index in [0.717, 1.165) is 0 Å². The number of hydrogen-bond acceptors (Lipinski definition) is 3. The minimum Gasteiger partial charge on any atom is -0.294 e.